The van der Waals surface area contributed by atoms with Crippen LogP contribution in [0.25, 0.3) is 0 Å². The Bertz CT molecular complexity index is 640. The Labute approximate surface area is 124 Å². The van der Waals surface area contributed by atoms with Crippen LogP contribution in [0.2, 0.25) is 0 Å². The van der Waals surface area contributed by atoms with E-state index in [0.29, 0.717) is 11.4 Å². The Morgan fingerprint density at radius 3 is 2.62 bits per heavy atom. The Morgan fingerprint density at radius 1 is 1.29 bits per heavy atom. The first-order valence-corrected chi connectivity index (χ1v) is 7.11. The lowest BCUT2D eigenvalue weighted by Crippen LogP contribution is -2.23. The van der Waals surface area contributed by atoms with Gasteiger partial charge in [0.05, 0.1) is 6.54 Å². The Kier molecular flexibility index (Phi) is 4.99. The van der Waals surface area contributed by atoms with Gasteiger partial charge in [0.1, 0.15) is 10.8 Å². The number of benzene rings is 1. The third kappa shape index (κ3) is 4.64. The largest absolute Gasteiger partial charge is 0.476 e. The van der Waals surface area contributed by atoms with Crippen LogP contribution in [0.15, 0.2) is 29.6 Å². The zero-order valence-corrected chi connectivity index (χ0v) is 11.8. The second kappa shape index (κ2) is 6.94. The molecule has 2 rings (SSSR count). The number of thiazole rings is 1. The number of carboxylic acid groups (broad SMARTS) is 1. The van der Waals surface area contributed by atoms with E-state index in [1.165, 1.54) is 28.8 Å². The second-order valence-corrected chi connectivity index (χ2v) is 5.28. The van der Waals surface area contributed by atoms with Gasteiger partial charge in [0.2, 0.25) is 5.91 Å². The molecule has 0 saturated heterocycles. The van der Waals surface area contributed by atoms with Crippen molar-refractivity contribution in [1.82, 2.24) is 10.3 Å². The highest BCUT2D eigenvalue weighted by Crippen LogP contribution is 2.10. The molecule has 0 saturated carbocycles. The molecule has 1 aromatic carbocycles. The molecule has 0 spiro atoms. The number of carbonyl (C=O) groups is 2. The molecule has 0 aliphatic heterocycles. The number of rotatable bonds is 6. The van der Waals surface area contributed by atoms with Crippen LogP contribution in [0.1, 0.15) is 27.5 Å². The van der Waals surface area contributed by atoms with Gasteiger partial charge in [0.25, 0.3) is 0 Å². The van der Waals surface area contributed by atoms with E-state index in [1.807, 2.05) is 0 Å². The minimum Gasteiger partial charge on any atom is -0.476 e. The summed E-state index contributed by atoms with van der Waals surface area (Å²) in [6.45, 7) is 0.209. The lowest BCUT2D eigenvalue weighted by atomic mass is 10.1. The Morgan fingerprint density at radius 2 is 2.00 bits per heavy atom. The van der Waals surface area contributed by atoms with Gasteiger partial charge in [-0.15, -0.1) is 11.3 Å². The molecule has 2 aromatic rings. The van der Waals surface area contributed by atoms with Gasteiger partial charge in [-0.2, -0.15) is 0 Å². The SMILES string of the molecule is O=C(CCc1ccc(F)cc1)NCc1nc(C(=O)O)cs1. The number of hydrogen-bond acceptors (Lipinski definition) is 4. The van der Waals surface area contributed by atoms with Crippen molar-refractivity contribution >= 4 is 23.2 Å². The van der Waals surface area contributed by atoms with Crippen LogP contribution in [0.3, 0.4) is 0 Å². The van der Waals surface area contributed by atoms with E-state index in [0.717, 1.165) is 5.56 Å². The summed E-state index contributed by atoms with van der Waals surface area (Å²) in [5.74, 6) is -1.55. The maximum absolute atomic E-state index is 12.7. The van der Waals surface area contributed by atoms with E-state index in [9.17, 15) is 14.0 Å². The fourth-order valence-corrected chi connectivity index (χ4v) is 2.37. The number of aromatic carboxylic acids is 1. The molecule has 2 N–H and O–H groups in total. The minimum absolute atomic E-state index is 0.0180. The highest BCUT2D eigenvalue weighted by Gasteiger charge is 2.09. The zero-order valence-electron chi connectivity index (χ0n) is 11.0. The van der Waals surface area contributed by atoms with Gasteiger partial charge in [0, 0.05) is 11.8 Å². The molecule has 1 aromatic heterocycles. The molecule has 0 aliphatic carbocycles. The van der Waals surface area contributed by atoms with Gasteiger partial charge < -0.3 is 10.4 Å². The third-order valence-corrected chi connectivity index (χ3v) is 3.61. The van der Waals surface area contributed by atoms with Gasteiger partial charge in [-0.25, -0.2) is 14.2 Å². The van der Waals surface area contributed by atoms with Gasteiger partial charge in [-0.05, 0) is 24.1 Å². The molecule has 7 heteroatoms. The normalized spacial score (nSPS) is 10.3. The number of halogens is 1. The lowest BCUT2D eigenvalue weighted by Gasteiger charge is -2.03. The first-order valence-electron chi connectivity index (χ1n) is 6.23. The van der Waals surface area contributed by atoms with E-state index in [2.05, 4.69) is 10.3 Å². The molecule has 21 heavy (non-hydrogen) atoms. The van der Waals surface area contributed by atoms with Gasteiger partial charge in [-0.1, -0.05) is 12.1 Å². The van der Waals surface area contributed by atoms with Crippen LogP contribution in [0, 0.1) is 5.82 Å². The highest BCUT2D eigenvalue weighted by atomic mass is 32.1. The van der Waals surface area contributed by atoms with Crippen molar-refractivity contribution in [2.24, 2.45) is 0 Å². The van der Waals surface area contributed by atoms with Crippen molar-refractivity contribution in [3.05, 3.63) is 51.7 Å². The van der Waals surface area contributed by atoms with Crippen molar-refractivity contribution in [3.63, 3.8) is 0 Å². The number of nitrogens with zero attached hydrogens (tertiary/aromatic N) is 1. The summed E-state index contributed by atoms with van der Waals surface area (Å²) in [6, 6.07) is 6.00. The standard InChI is InChI=1S/C14H13FN2O3S/c15-10-4-1-9(2-5-10)3-6-12(18)16-7-13-17-11(8-21-13)14(19)20/h1-2,4-5,8H,3,6-7H2,(H,16,18)(H,19,20). The molecule has 0 bridgehead atoms. The van der Waals surface area contributed by atoms with Gasteiger partial charge in [0.15, 0.2) is 5.69 Å². The number of carboxylic acids is 1. The van der Waals surface area contributed by atoms with Gasteiger partial charge >= 0.3 is 5.97 Å². The third-order valence-electron chi connectivity index (χ3n) is 2.76. The average molecular weight is 308 g/mol. The van der Waals surface area contributed by atoms with Crippen LogP contribution >= 0.6 is 11.3 Å². The summed E-state index contributed by atoms with van der Waals surface area (Å²) in [6.07, 6.45) is 0.799. The summed E-state index contributed by atoms with van der Waals surface area (Å²) in [5, 5.41) is 13.4. The molecule has 0 fully saturated rings. The fraction of sp³-hybridized carbons (Fsp3) is 0.214. The Hall–Kier alpha value is -2.28. The summed E-state index contributed by atoms with van der Waals surface area (Å²) in [5.41, 5.74) is 0.865. The van der Waals surface area contributed by atoms with Crippen molar-refractivity contribution in [1.29, 1.82) is 0 Å². The fourth-order valence-electron chi connectivity index (χ4n) is 1.66. The topological polar surface area (TPSA) is 79.3 Å². The van der Waals surface area contributed by atoms with Crippen molar-refractivity contribution in [3.8, 4) is 0 Å². The summed E-state index contributed by atoms with van der Waals surface area (Å²) < 4.78 is 12.7. The number of aromatic nitrogens is 1. The number of aryl methyl sites for hydroxylation is 1. The zero-order chi connectivity index (χ0) is 15.2. The molecule has 0 unspecified atom stereocenters. The molecule has 0 aliphatic rings. The highest BCUT2D eigenvalue weighted by molar-refractivity contribution is 7.09. The van der Waals surface area contributed by atoms with E-state index >= 15 is 0 Å². The monoisotopic (exact) mass is 308 g/mol. The van der Waals surface area contributed by atoms with Crippen LogP contribution < -0.4 is 5.32 Å². The van der Waals surface area contributed by atoms with E-state index in [-0.39, 0.29) is 30.4 Å². The molecule has 1 amide bonds. The number of carbonyl (C=O) groups excluding carboxylic acids is 1. The number of hydrogen-bond donors (Lipinski definition) is 2. The van der Waals surface area contributed by atoms with Crippen LogP contribution in [0.4, 0.5) is 4.39 Å². The summed E-state index contributed by atoms with van der Waals surface area (Å²) >= 11 is 1.19. The predicted molar refractivity (Wildman–Crippen MR) is 75.6 cm³/mol. The molecule has 0 radical (unpaired) electrons. The second-order valence-electron chi connectivity index (χ2n) is 4.33. The van der Waals surface area contributed by atoms with E-state index in [4.69, 9.17) is 5.11 Å². The first-order chi connectivity index (χ1) is 10.0. The van der Waals surface area contributed by atoms with Crippen LogP contribution in [-0.4, -0.2) is 22.0 Å². The first kappa shape index (κ1) is 15.1. The van der Waals surface area contributed by atoms with E-state index in [1.54, 1.807) is 12.1 Å². The molecular formula is C14H13FN2O3S. The average Bonchev–Trinajstić information content (AvgIpc) is 2.93. The van der Waals surface area contributed by atoms with Crippen LogP contribution in [-0.2, 0) is 17.8 Å². The molecule has 1 heterocycles. The smallest absolute Gasteiger partial charge is 0.355 e. The maximum atomic E-state index is 12.7. The predicted octanol–water partition coefficient (Wildman–Crippen LogP) is 2.23. The maximum Gasteiger partial charge on any atom is 0.355 e. The minimum atomic E-state index is -1.08. The van der Waals surface area contributed by atoms with Gasteiger partial charge in [-0.3, -0.25) is 4.79 Å². The van der Waals surface area contributed by atoms with Crippen LogP contribution in [0.5, 0.6) is 0 Å². The van der Waals surface area contributed by atoms with Crippen molar-refractivity contribution in [2.45, 2.75) is 19.4 Å². The lowest BCUT2D eigenvalue weighted by molar-refractivity contribution is -0.121. The Balaban J connectivity index is 1.76. The summed E-state index contributed by atoms with van der Waals surface area (Å²) in [7, 11) is 0. The quantitative estimate of drug-likeness (QED) is 0.857. The molecule has 110 valence electrons. The number of amides is 1. The number of nitrogens with one attached hydrogen (secondary N) is 1. The van der Waals surface area contributed by atoms with Crippen molar-refractivity contribution < 1.29 is 19.1 Å². The molecular weight excluding hydrogens is 295 g/mol. The molecule has 0 atom stereocenters. The van der Waals surface area contributed by atoms with E-state index < -0.39 is 5.97 Å². The summed E-state index contributed by atoms with van der Waals surface area (Å²) in [4.78, 5) is 26.2. The molecule has 5 nitrogen and oxygen atoms in total. The van der Waals surface area contributed by atoms with Crippen molar-refractivity contribution in [2.75, 3.05) is 0 Å².